The maximum Gasteiger partial charge on any atom is 0.193 e. The van der Waals surface area contributed by atoms with Gasteiger partial charge in [0.05, 0.1) is 0 Å². The lowest BCUT2D eigenvalue weighted by atomic mass is 10.2. The van der Waals surface area contributed by atoms with Gasteiger partial charge in [-0.25, -0.2) is 0 Å². The third kappa shape index (κ3) is 4.94. The smallest absolute Gasteiger partial charge is 0.193 e. The van der Waals surface area contributed by atoms with Crippen molar-refractivity contribution in [3.63, 3.8) is 0 Å². The summed E-state index contributed by atoms with van der Waals surface area (Å²) in [4.78, 5) is 9.36. The first-order valence-corrected chi connectivity index (χ1v) is 8.57. The molecule has 2 rings (SSSR count). The van der Waals surface area contributed by atoms with Crippen LogP contribution in [-0.4, -0.2) is 73.1 Å². The molecule has 2 aliphatic rings. The zero-order valence-corrected chi connectivity index (χ0v) is 16.1. The van der Waals surface area contributed by atoms with Crippen LogP contribution in [0.4, 0.5) is 0 Å². The van der Waals surface area contributed by atoms with Crippen LogP contribution in [0, 0.1) is 0 Å². The fourth-order valence-corrected chi connectivity index (χ4v) is 4.12. The second kappa shape index (κ2) is 9.35. The summed E-state index contributed by atoms with van der Waals surface area (Å²) < 4.78 is 0. The van der Waals surface area contributed by atoms with Gasteiger partial charge in [0.2, 0.25) is 0 Å². The van der Waals surface area contributed by atoms with Gasteiger partial charge in [0.15, 0.2) is 5.96 Å². The van der Waals surface area contributed by atoms with Crippen LogP contribution in [0.5, 0.6) is 0 Å². The van der Waals surface area contributed by atoms with Gasteiger partial charge in [0, 0.05) is 43.7 Å². The topological polar surface area (TPSA) is 30.9 Å². The number of hydrogen-bond donors (Lipinski definition) is 1. The number of nitrogens with zero attached hydrogens (tertiary/aromatic N) is 3. The van der Waals surface area contributed by atoms with E-state index in [1.807, 2.05) is 7.05 Å². The quantitative estimate of drug-likeness (QED) is 0.437. The van der Waals surface area contributed by atoms with Crippen molar-refractivity contribution in [2.24, 2.45) is 4.99 Å². The minimum atomic E-state index is 0. The summed E-state index contributed by atoms with van der Waals surface area (Å²) in [5, 5.41) is 4.35. The van der Waals surface area contributed by atoms with E-state index in [0.29, 0.717) is 6.04 Å². The van der Waals surface area contributed by atoms with E-state index in [9.17, 15) is 0 Å². The van der Waals surface area contributed by atoms with Crippen LogP contribution < -0.4 is 5.32 Å². The summed E-state index contributed by atoms with van der Waals surface area (Å²) in [6.45, 7) is 6.82. The Balaban J connectivity index is 0.00000200. The number of aliphatic imine (C=N–C) groups is 1. The van der Waals surface area contributed by atoms with Crippen LogP contribution in [-0.2, 0) is 0 Å². The number of likely N-dealkylation sites (N-methyl/N-ethyl adjacent to an activating group) is 1. The molecule has 2 atom stereocenters. The number of likely N-dealkylation sites (tertiary alicyclic amines) is 1. The van der Waals surface area contributed by atoms with Crippen LogP contribution >= 0.6 is 35.7 Å². The van der Waals surface area contributed by atoms with Gasteiger partial charge in [-0.2, -0.15) is 11.8 Å². The van der Waals surface area contributed by atoms with Gasteiger partial charge in [0.25, 0.3) is 0 Å². The van der Waals surface area contributed by atoms with E-state index < -0.39 is 0 Å². The zero-order chi connectivity index (χ0) is 13.7. The SMILES string of the molecule is CCC1CN(C(=NC)NCC2CCCN2C)CCS1.I. The first-order valence-electron chi connectivity index (χ1n) is 7.52. The van der Waals surface area contributed by atoms with Gasteiger partial charge in [-0.3, -0.25) is 4.99 Å². The Labute approximate surface area is 145 Å². The third-order valence-electron chi connectivity index (χ3n) is 4.27. The monoisotopic (exact) mass is 412 g/mol. The normalized spacial score (nSPS) is 28.4. The van der Waals surface area contributed by atoms with Crippen molar-refractivity contribution in [2.75, 3.05) is 46.0 Å². The van der Waals surface area contributed by atoms with Crippen LogP contribution in [0.15, 0.2) is 4.99 Å². The van der Waals surface area contributed by atoms with Crippen molar-refractivity contribution >= 4 is 41.7 Å². The molecule has 2 fully saturated rings. The molecule has 0 aromatic heterocycles. The minimum Gasteiger partial charge on any atom is -0.355 e. The summed E-state index contributed by atoms with van der Waals surface area (Å²) in [6, 6.07) is 0.679. The van der Waals surface area contributed by atoms with Crippen molar-refractivity contribution in [2.45, 2.75) is 37.5 Å². The summed E-state index contributed by atoms with van der Waals surface area (Å²) >= 11 is 2.11. The van der Waals surface area contributed by atoms with Gasteiger partial charge in [0.1, 0.15) is 0 Å². The molecule has 118 valence electrons. The van der Waals surface area contributed by atoms with Crippen molar-refractivity contribution in [1.82, 2.24) is 15.1 Å². The number of guanidine groups is 1. The molecule has 2 unspecified atom stereocenters. The highest BCUT2D eigenvalue weighted by molar-refractivity contribution is 14.0. The highest BCUT2D eigenvalue weighted by atomic mass is 127. The fourth-order valence-electron chi connectivity index (χ4n) is 2.94. The lowest BCUT2D eigenvalue weighted by Gasteiger charge is -2.35. The molecule has 6 heteroatoms. The molecule has 1 N–H and O–H groups in total. The van der Waals surface area contributed by atoms with Crippen molar-refractivity contribution in [1.29, 1.82) is 0 Å². The predicted molar refractivity (Wildman–Crippen MR) is 101 cm³/mol. The predicted octanol–water partition coefficient (Wildman–Crippen LogP) is 2.10. The largest absolute Gasteiger partial charge is 0.355 e. The molecule has 0 spiro atoms. The van der Waals surface area contributed by atoms with Crippen molar-refractivity contribution in [3.05, 3.63) is 0 Å². The van der Waals surface area contributed by atoms with E-state index in [-0.39, 0.29) is 24.0 Å². The van der Waals surface area contributed by atoms with Gasteiger partial charge in [-0.1, -0.05) is 6.92 Å². The Morgan fingerprint density at radius 3 is 2.80 bits per heavy atom. The number of hydrogen-bond acceptors (Lipinski definition) is 3. The van der Waals surface area contributed by atoms with Crippen LogP contribution in [0.1, 0.15) is 26.2 Å². The van der Waals surface area contributed by atoms with Gasteiger partial charge in [-0.15, -0.1) is 24.0 Å². The second-order valence-electron chi connectivity index (χ2n) is 5.55. The molecule has 0 bridgehead atoms. The van der Waals surface area contributed by atoms with Gasteiger partial charge >= 0.3 is 0 Å². The summed E-state index contributed by atoms with van der Waals surface area (Å²) in [6.07, 6.45) is 3.90. The molecule has 2 heterocycles. The summed E-state index contributed by atoms with van der Waals surface area (Å²) in [5.74, 6) is 2.32. The highest BCUT2D eigenvalue weighted by Gasteiger charge is 2.24. The summed E-state index contributed by atoms with van der Waals surface area (Å²) in [5.41, 5.74) is 0. The van der Waals surface area contributed by atoms with E-state index in [2.05, 4.69) is 45.8 Å². The number of nitrogens with one attached hydrogen (secondary N) is 1. The molecule has 0 radical (unpaired) electrons. The van der Waals surface area contributed by atoms with E-state index in [0.717, 1.165) is 30.8 Å². The molecule has 2 saturated heterocycles. The molecule has 20 heavy (non-hydrogen) atoms. The molecule has 0 saturated carbocycles. The number of thioether (sulfide) groups is 1. The Bertz CT molecular complexity index is 314. The lowest BCUT2D eigenvalue weighted by molar-refractivity contribution is 0.305. The van der Waals surface area contributed by atoms with Gasteiger partial charge in [-0.05, 0) is 32.9 Å². The molecule has 0 amide bonds. The Morgan fingerprint density at radius 2 is 2.20 bits per heavy atom. The van der Waals surface area contributed by atoms with Gasteiger partial charge < -0.3 is 15.1 Å². The first-order chi connectivity index (χ1) is 9.24. The van der Waals surface area contributed by atoms with E-state index in [4.69, 9.17) is 0 Å². The maximum atomic E-state index is 4.47. The second-order valence-corrected chi connectivity index (χ2v) is 6.96. The first kappa shape index (κ1) is 18.4. The average molecular weight is 412 g/mol. The minimum absolute atomic E-state index is 0. The van der Waals surface area contributed by atoms with E-state index in [1.165, 1.54) is 31.6 Å². The molecule has 4 nitrogen and oxygen atoms in total. The molecule has 0 aliphatic carbocycles. The zero-order valence-electron chi connectivity index (χ0n) is 13.0. The standard InChI is InChI=1S/C14H28N4S.HI/c1-4-13-11-18(8-9-19-13)14(15-2)16-10-12-6-5-7-17(12)3;/h12-13H,4-11H2,1-3H3,(H,15,16);1H. The molecule has 0 aromatic rings. The molecule has 2 aliphatic heterocycles. The maximum absolute atomic E-state index is 4.47. The number of rotatable bonds is 3. The van der Waals surface area contributed by atoms with E-state index in [1.54, 1.807) is 0 Å². The molecular weight excluding hydrogens is 383 g/mol. The Kier molecular flexibility index (Phi) is 8.59. The third-order valence-corrected chi connectivity index (χ3v) is 5.64. The Morgan fingerprint density at radius 1 is 1.40 bits per heavy atom. The fraction of sp³-hybridized carbons (Fsp3) is 0.929. The van der Waals surface area contributed by atoms with Crippen LogP contribution in [0.3, 0.4) is 0 Å². The van der Waals surface area contributed by atoms with E-state index >= 15 is 0 Å². The Hall–Kier alpha value is 0.310. The average Bonchev–Trinajstić information content (AvgIpc) is 2.85. The van der Waals surface area contributed by atoms with Crippen molar-refractivity contribution in [3.8, 4) is 0 Å². The molecular formula is C14H29IN4S. The highest BCUT2D eigenvalue weighted by Crippen LogP contribution is 2.21. The summed E-state index contributed by atoms with van der Waals surface area (Å²) in [7, 11) is 4.14. The number of halogens is 1. The molecule has 0 aromatic carbocycles. The van der Waals surface area contributed by atoms with Crippen LogP contribution in [0.25, 0.3) is 0 Å². The lowest BCUT2D eigenvalue weighted by Crippen LogP contribution is -2.50. The van der Waals surface area contributed by atoms with Crippen molar-refractivity contribution < 1.29 is 0 Å². The van der Waals surface area contributed by atoms with Crippen LogP contribution in [0.2, 0.25) is 0 Å².